The summed E-state index contributed by atoms with van der Waals surface area (Å²) in [5.41, 5.74) is 0. The number of nitrogens with zero attached hydrogens (tertiary/aromatic N) is 2. The summed E-state index contributed by atoms with van der Waals surface area (Å²) in [7, 11) is 0. The first-order chi connectivity index (χ1) is 9.29. The van der Waals surface area contributed by atoms with E-state index < -0.39 is 0 Å². The molecule has 2 fully saturated rings. The number of carbonyl (C=O) groups is 1. The molecule has 5 nitrogen and oxygen atoms in total. The molecular formula is C14H27IN4O. The second kappa shape index (κ2) is 9.41. The van der Waals surface area contributed by atoms with Gasteiger partial charge < -0.3 is 15.5 Å². The van der Waals surface area contributed by atoms with Gasteiger partial charge in [-0.2, -0.15) is 0 Å². The Morgan fingerprint density at radius 1 is 1.20 bits per heavy atom. The molecule has 6 heteroatoms. The van der Waals surface area contributed by atoms with Crippen molar-refractivity contribution in [3.63, 3.8) is 0 Å². The summed E-state index contributed by atoms with van der Waals surface area (Å²) in [6.45, 7) is 5.92. The van der Waals surface area contributed by atoms with Gasteiger partial charge in [0.15, 0.2) is 5.96 Å². The quantitative estimate of drug-likeness (QED) is 0.423. The molecule has 0 aromatic rings. The highest BCUT2D eigenvalue weighted by atomic mass is 127. The largest absolute Gasteiger partial charge is 0.357 e. The lowest BCUT2D eigenvalue weighted by atomic mass is 10.1. The highest BCUT2D eigenvalue weighted by Gasteiger charge is 2.21. The molecule has 0 aromatic carbocycles. The lowest BCUT2D eigenvalue weighted by molar-refractivity contribution is -0.130. The fourth-order valence-corrected chi connectivity index (χ4v) is 2.29. The molecule has 1 heterocycles. The topological polar surface area (TPSA) is 56.7 Å². The molecule has 1 aliphatic carbocycles. The van der Waals surface area contributed by atoms with Crippen LogP contribution in [0.15, 0.2) is 4.99 Å². The van der Waals surface area contributed by atoms with E-state index in [0.717, 1.165) is 50.9 Å². The highest BCUT2D eigenvalue weighted by molar-refractivity contribution is 14.0. The van der Waals surface area contributed by atoms with Gasteiger partial charge >= 0.3 is 0 Å². The summed E-state index contributed by atoms with van der Waals surface area (Å²) >= 11 is 0. The SMILES string of the molecule is CCNC(=NCC(=O)N1CCCCC1)NCC1CC1.I. The molecule has 0 aromatic heterocycles. The number of nitrogens with one attached hydrogen (secondary N) is 2. The van der Waals surface area contributed by atoms with Crippen LogP contribution in [0.5, 0.6) is 0 Å². The maximum Gasteiger partial charge on any atom is 0.244 e. The monoisotopic (exact) mass is 394 g/mol. The smallest absolute Gasteiger partial charge is 0.244 e. The molecule has 1 saturated carbocycles. The van der Waals surface area contributed by atoms with Crippen LogP contribution in [0, 0.1) is 5.92 Å². The minimum Gasteiger partial charge on any atom is -0.357 e. The summed E-state index contributed by atoms with van der Waals surface area (Å²) in [5.74, 6) is 1.74. The third kappa shape index (κ3) is 6.28. The molecule has 0 unspecified atom stereocenters. The summed E-state index contributed by atoms with van der Waals surface area (Å²) in [5, 5.41) is 6.50. The zero-order chi connectivity index (χ0) is 13.5. The van der Waals surface area contributed by atoms with Crippen LogP contribution in [0.4, 0.5) is 0 Å². The van der Waals surface area contributed by atoms with Gasteiger partial charge in [-0.3, -0.25) is 4.79 Å². The van der Waals surface area contributed by atoms with Crippen LogP contribution in [0.3, 0.4) is 0 Å². The molecule has 1 saturated heterocycles. The second-order valence-corrected chi connectivity index (χ2v) is 5.46. The van der Waals surface area contributed by atoms with Crippen molar-refractivity contribution in [3.8, 4) is 0 Å². The molecular weight excluding hydrogens is 367 g/mol. The summed E-state index contributed by atoms with van der Waals surface area (Å²) < 4.78 is 0. The van der Waals surface area contributed by atoms with E-state index in [4.69, 9.17) is 0 Å². The maximum absolute atomic E-state index is 12.0. The van der Waals surface area contributed by atoms with Gasteiger partial charge in [0.05, 0.1) is 0 Å². The molecule has 2 rings (SSSR count). The Kier molecular flexibility index (Phi) is 8.25. The number of hydrogen-bond acceptors (Lipinski definition) is 2. The first-order valence-electron chi connectivity index (χ1n) is 7.59. The van der Waals surface area contributed by atoms with Gasteiger partial charge in [-0.25, -0.2) is 4.99 Å². The summed E-state index contributed by atoms with van der Waals surface area (Å²) in [6.07, 6.45) is 6.15. The van der Waals surface area contributed by atoms with E-state index in [1.807, 2.05) is 11.8 Å². The van der Waals surface area contributed by atoms with E-state index in [-0.39, 0.29) is 36.4 Å². The molecule has 2 N–H and O–H groups in total. The zero-order valence-corrected chi connectivity index (χ0v) is 14.7. The number of rotatable bonds is 5. The number of guanidine groups is 1. The molecule has 1 amide bonds. The van der Waals surface area contributed by atoms with Crippen molar-refractivity contribution in [2.75, 3.05) is 32.7 Å². The van der Waals surface area contributed by atoms with E-state index >= 15 is 0 Å². The summed E-state index contributed by atoms with van der Waals surface area (Å²) in [4.78, 5) is 18.4. The number of aliphatic imine (C=N–C) groups is 1. The van der Waals surface area contributed by atoms with Crippen LogP contribution in [0.2, 0.25) is 0 Å². The average molecular weight is 394 g/mol. The third-order valence-corrected chi connectivity index (χ3v) is 3.68. The van der Waals surface area contributed by atoms with Gasteiger partial charge in [-0.05, 0) is 44.9 Å². The van der Waals surface area contributed by atoms with Crippen molar-refractivity contribution in [2.45, 2.75) is 39.0 Å². The average Bonchev–Trinajstić information content (AvgIpc) is 3.26. The Balaban J connectivity index is 0.00000200. The van der Waals surface area contributed by atoms with Crippen molar-refractivity contribution in [1.82, 2.24) is 15.5 Å². The van der Waals surface area contributed by atoms with Gasteiger partial charge in [-0.1, -0.05) is 0 Å². The number of amides is 1. The Labute approximate surface area is 139 Å². The van der Waals surface area contributed by atoms with E-state index in [0.29, 0.717) is 0 Å². The van der Waals surface area contributed by atoms with Crippen LogP contribution in [-0.2, 0) is 4.79 Å². The molecule has 0 spiro atoms. The summed E-state index contributed by atoms with van der Waals surface area (Å²) in [6, 6.07) is 0. The maximum atomic E-state index is 12.0. The highest BCUT2D eigenvalue weighted by Crippen LogP contribution is 2.27. The molecule has 0 bridgehead atoms. The van der Waals surface area contributed by atoms with Crippen LogP contribution in [0.25, 0.3) is 0 Å². The number of halogens is 1. The van der Waals surface area contributed by atoms with Crippen molar-refractivity contribution >= 4 is 35.8 Å². The fourth-order valence-electron chi connectivity index (χ4n) is 2.29. The lowest BCUT2D eigenvalue weighted by Gasteiger charge is -2.26. The van der Waals surface area contributed by atoms with E-state index in [2.05, 4.69) is 15.6 Å². The minimum absolute atomic E-state index is 0. The molecule has 2 aliphatic rings. The van der Waals surface area contributed by atoms with Crippen LogP contribution < -0.4 is 10.6 Å². The van der Waals surface area contributed by atoms with Crippen molar-refractivity contribution < 1.29 is 4.79 Å². The van der Waals surface area contributed by atoms with Gasteiger partial charge in [0.25, 0.3) is 0 Å². The predicted molar refractivity (Wildman–Crippen MR) is 92.6 cm³/mol. The van der Waals surface area contributed by atoms with Crippen molar-refractivity contribution in [1.29, 1.82) is 0 Å². The number of piperidine rings is 1. The Morgan fingerprint density at radius 2 is 1.90 bits per heavy atom. The van der Waals surface area contributed by atoms with Crippen molar-refractivity contribution in [2.24, 2.45) is 10.9 Å². The lowest BCUT2D eigenvalue weighted by Crippen LogP contribution is -2.41. The van der Waals surface area contributed by atoms with Gasteiger partial charge in [0.1, 0.15) is 6.54 Å². The van der Waals surface area contributed by atoms with E-state index in [1.54, 1.807) is 0 Å². The molecule has 1 aliphatic heterocycles. The van der Waals surface area contributed by atoms with E-state index in [1.165, 1.54) is 19.3 Å². The Hall–Kier alpha value is -0.530. The van der Waals surface area contributed by atoms with Gasteiger partial charge in [-0.15, -0.1) is 24.0 Å². The third-order valence-electron chi connectivity index (χ3n) is 3.68. The first-order valence-corrected chi connectivity index (χ1v) is 7.59. The Morgan fingerprint density at radius 3 is 2.50 bits per heavy atom. The Bertz CT molecular complexity index is 325. The molecule has 0 radical (unpaired) electrons. The number of likely N-dealkylation sites (tertiary alicyclic amines) is 1. The van der Waals surface area contributed by atoms with Gasteiger partial charge in [0, 0.05) is 26.2 Å². The normalized spacial score (nSPS) is 19.2. The van der Waals surface area contributed by atoms with E-state index in [9.17, 15) is 4.79 Å². The second-order valence-electron chi connectivity index (χ2n) is 5.46. The number of hydrogen-bond donors (Lipinski definition) is 2. The van der Waals surface area contributed by atoms with Gasteiger partial charge in [0.2, 0.25) is 5.91 Å². The first kappa shape index (κ1) is 17.5. The standard InChI is InChI=1S/C14H26N4O.HI/c1-2-15-14(16-10-12-6-7-12)17-11-13(19)18-8-4-3-5-9-18;/h12H,2-11H2,1H3,(H2,15,16,17);1H. The molecule has 0 atom stereocenters. The fraction of sp³-hybridized carbons (Fsp3) is 0.857. The predicted octanol–water partition coefficient (Wildman–Crippen LogP) is 1.58. The van der Waals surface area contributed by atoms with Crippen molar-refractivity contribution in [3.05, 3.63) is 0 Å². The minimum atomic E-state index is 0. The molecule has 116 valence electrons. The van der Waals surface area contributed by atoms with Crippen LogP contribution >= 0.6 is 24.0 Å². The van der Waals surface area contributed by atoms with Crippen LogP contribution in [0.1, 0.15) is 39.0 Å². The zero-order valence-electron chi connectivity index (χ0n) is 12.4. The number of carbonyl (C=O) groups excluding carboxylic acids is 1. The molecule has 20 heavy (non-hydrogen) atoms. The van der Waals surface area contributed by atoms with Crippen LogP contribution in [-0.4, -0.2) is 49.5 Å².